The summed E-state index contributed by atoms with van der Waals surface area (Å²) in [6.45, 7) is 1.97. The molecule has 2 aromatic rings. The van der Waals surface area contributed by atoms with Crippen molar-refractivity contribution in [1.82, 2.24) is 9.97 Å². The van der Waals surface area contributed by atoms with E-state index < -0.39 is 0 Å². The SMILES string of the molecule is CCc1nc(N)cc(Oc2ccc(Br)cc2)n1. The van der Waals surface area contributed by atoms with E-state index in [-0.39, 0.29) is 0 Å². The Hall–Kier alpha value is -1.62. The van der Waals surface area contributed by atoms with Crippen molar-refractivity contribution in [3.8, 4) is 11.6 Å². The van der Waals surface area contributed by atoms with Crippen molar-refractivity contribution in [3.63, 3.8) is 0 Å². The van der Waals surface area contributed by atoms with Gasteiger partial charge >= 0.3 is 0 Å². The van der Waals surface area contributed by atoms with Gasteiger partial charge in [0, 0.05) is 17.0 Å². The van der Waals surface area contributed by atoms with E-state index in [0.717, 1.165) is 10.9 Å². The van der Waals surface area contributed by atoms with Gasteiger partial charge < -0.3 is 10.5 Å². The third-order valence-corrected chi connectivity index (χ3v) is 2.65. The molecule has 1 heterocycles. The molecular formula is C12H12BrN3O. The van der Waals surface area contributed by atoms with Crippen molar-refractivity contribution >= 4 is 21.7 Å². The van der Waals surface area contributed by atoms with Crippen LogP contribution in [0.2, 0.25) is 0 Å². The van der Waals surface area contributed by atoms with E-state index in [1.54, 1.807) is 6.07 Å². The lowest BCUT2D eigenvalue weighted by Crippen LogP contribution is -2.00. The monoisotopic (exact) mass is 293 g/mol. The smallest absolute Gasteiger partial charge is 0.224 e. The Morgan fingerprint density at radius 1 is 1.24 bits per heavy atom. The Balaban J connectivity index is 2.23. The summed E-state index contributed by atoms with van der Waals surface area (Å²) in [7, 11) is 0. The maximum atomic E-state index is 5.67. The van der Waals surface area contributed by atoms with Crippen LogP contribution in [0, 0.1) is 0 Å². The summed E-state index contributed by atoms with van der Waals surface area (Å²) in [6.07, 6.45) is 0.724. The number of hydrogen-bond acceptors (Lipinski definition) is 4. The molecule has 0 aliphatic rings. The van der Waals surface area contributed by atoms with E-state index >= 15 is 0 Å². The van der Waals surface area contributed by atoms with Crippen molar-refractivity contribution in [3.05, 3.63) is 40.6 Å². The lowest BCUT2D eigenvalue weighted by atomic mass is 10.3. The standard InChI is InChI=1S/C12H12BrN3O/c1-2-11-15-10(14)7-12(16-11)17-9-5-3-8(13)4-6-9/h3-7H,2H2,1H3,(H2,14,15,16). The summed E-state index contributed by atoms with van der Waals surface area (Å²) in [4.78, 5) is 8.33. The minimum absolute atomic E-state index is 0.420. The normalized spacial score (nSPS) is 10.2. The highest BCUT2D eigenvalue weighted by Crippen LogP contribution is 2.22. The summed E-state index contributed by atoms with van der Waals surface area (Å²) in [5.41, 5.74) is 5.67. The molecule has 5 heteroatoms. The zero-order valence-electron chi connectivity index (χ0n) is 9.35. The molecule has 4 nitrogen and oxygen atoms in total. The van der Waals surface area contributed by atoms with Crippen LogP contribution in [-0.4, -0.2) is 9.97 Å². The van der Waals surface area contributed by atoms with Gasteiger partial charge in [-0.15, -0.1) is 0 Å². The number of aryl methyl sites for hydroxylation is 1. The van der Waals surface area contributed by atoms with Gasteiger partial charge in [-0.2, -0.15) is 4.98 Å². The van der Waals surface area contributed by atoms with Gasteiger partial charge in [0.2, 0.25) is 5.88 Å². The van der Waals surface area contributed by atoms with Crippen molar-refractivity contribution < 1.29 is 4.74 Å². The molecule has 0 aliphatic carbocycles. The molecule has 0 bridgehead atoms. The number of anilines is 1. The topological polar surface area (TPSA) is 61.0 Å². The molecule has 0 radical (unpaired) electrons. The van der Waals surface area contributed by atoms with Crippen LogP contribution in [0.3, 0.4) is 0 Å². The largest absolute Gasteiger partial charge is 0.439 e. The number of ether oxygens (including phenoxy) is 1. The lowest BCUT2D eigenvalue weighted by Gasteiger charge is -2.06. The van der Waals surface area contributed by atoms with Crippen LogP contribution < -0.4 is 10.5 Å². The molecule has 88 valence electrons. The van der Waals surface area contributed by atoms with Crippen molar-refractivity contribution in [2.75, 3.05) is 5.73 Å². The number of nitrogens with two attached hydrogens (primary N) is 1. The van der Waals surface area contributed by atoms with E-state index in [1.807, 2.05) is 31.2 Å². The van der Waals surface area contributed by atoms with Crippen LogP contribution in [0.5, 0.6) is 11.6 Å². The summed E-state index contributed by atoms with van der Waals surface area (Å²) < 4.78 is 6.61. The first kappa shape index (κ1) is 11.9. The zero-order valence-corrected chi connectivity index (χ0v) is 10.9. The molecular weight excluding hydrogens is 282 g/mol. The van der Waals surface area contributed by atoms with Crippen LogP contribution in [0.1, 0.15) is 12.7 Å². The first-order valence-corrected chi connectivity index (χ1v) is 6.03. The van der Waals surface area contributed by atoms with E-state index in [1.165, 1.54) is 0 Å². The second-order valence-corrected chi connectivity index (χ2v) is 4.37. The first-order chi connectivity index (χ1) is 8.17. The third kappa shape index (κ3) is 3.17. The molecule has 0 aliphatic heterocycles. The van der Waals surface area contributed by atoms with Crippen molar-refractivity contribution in [2.45, 2.75) is 13.3 Å². The number of hydrogen-bond donors (Lipinski definition) is 1. The van der Waals surface area contributed by atoms with Crippen LogP contribution >= 0.6 is 15.9 Å². The van der Waals surface area contributed by atoms with Crippen molar-refractivity contribution in [1.29, 1.82) is 0 Å². The Bertz CT molecular complexity index is 514. The highest BCUT2D eigenvalue weighted by atomic mass is 79.9. The second kappa shape index (κ2) is 5.14. The van der Waals surface area contributed by atoms with Gasteiger partial charge in [0.05, 0.1) is 0 Å². The molecule has 0 atom stereocenters. The molecule has 1 aromatic carbocycles. The van der Waals surface area contributed by atoms with Gasteiger partial charge in [0.1, 0.15) is 17.4 Å². The third-order valence-electron chi connectivity index (χ3n) is 2.12. The summed E-state index contributed by atoms with van der Waals surface area (Å²) in [6, 6.07) is 9.13. The van der Waals surface area contributed by atoms with Crippen LogP contribution in [0.4, 0.5) is 5.82 Å². The molecule has 0 saturated carbocycles. The van der Waals surface area contributed by atoms with E-state index in [4.69, 9.17) is 10.5 Å². The minimum atomic E-state index is 0.420. The van der Waals surface area contributed by atoms with E-state index in [2.05, 4.69) is 25.9 Å². The predicted molar refractivity (Wildman–Crippen MR) is 70.0 cm³/mol. The molecule has 2 rings (SSSR count). The van der Waals surface area contributed by atoms with E-state index in [0.29, 0.717) is 23.3 Å². The number of nitrogens with zero attached hydrogens (tertiary/aromatic N) is 2. The van der Waals surface area contributed by atoms with Gasteiger partial charge in [-0.05, 0) is 24.3 Å². The molecule has 0 spiro atoms. The average Bonchev–Trinajstić information content (AvgIpc) is 2.31. The minimum Gasteiger partial charge on any atom is -0.439 e. The Kier molecular flexibility index (Phi) is 3.58. The Morgan fingerprint density at radius 2 is 1.94 bits per heavy atom. The maximum absolute atomic E-state index is 5.67. The first-order valence-electron chi connectivity index (χ1n) is 5.24. The highest BCUT2D eigenvalue weighted by Gasteiger charge is 2.03. The highest BCUT2D eigenvalue weighted by molar-refractivity contribution is 9.10. The van der Waals surface area contributed by atoms with Crippen LogP contribution in [-0.2, 0) is 6.42 Å². The predicted octanol–water partition coefficient (Wildman–Crippen LogP) is 3.18. The van der Waals surface area contributed by atoms with Gasteiger partial charge in [0.15, 0.2) is 0 Å². The fourth-order valence-electron chi connectivity index (χ4n) is 1.33. The number of benzene rings is 1. The summed E-state index contributed by atoms with van der Waals surface area (Å²) in [5.74, 6) is 2.28. The van der Waals surface area contributed by atoms with Crippen LogP contribution in [0.15, 0.2) is 34.8 Å². The Labute approximate surface area is 108 Å². The summed E-state index contributed by atoms with van der Waals surface area (Å²) in [5, 5.41) is 0. The van der Waals surface area contributed by atoms with Crippen LogP contribution in [0.25, 0.3) is 0 Å². The van der Waals surface area contributed by atoms with E-state index in [9.17, 15) is 0 Å². The molecule has 2 N–H and O–H groups in total. The lowest BCUT2D eigenvalue weighted by molar-refractivity contribution is 0.459. The average molecular weight is 294 g/mol. The maximum Gasteiger partial charge on any atom is 0.224 e. The number of rotatable bonds is 3. The number of aromatic nitrogens is 2. The van der Waals surface area contributed by atoms with Gasteiger partial charge in [-0.1, -0.05) is 22.9 Å². The number of nitrogen functional groups attached to an aromatic ring is 1. The molecule has 0 saturated heterocycles. The second-order valence-electron chi connectivity index (χ2n) is 3.46. The van der Waals surface area contributed by atoms with Gasteiger partial charge in [0.25, 0.3) is 0 Å². The summed E-state index contributed by atoms with van der Waals surface area (Å²) >= 11 is 3.36. The Morgan fingerprint density at radius 3 is 2.59 bits per heavy atom. The van der Waals surface area contributed by atoms with Gasteiger partial charge in [-0.3, -0.25) is 0 Å². The molecule has 0 fully saturated rings. The molecule has 0 unspecified atom stereocenters. The fraction of sp³-hybridized carbons (Fsp3) is 0.167. The molecule has 1 aromatic heterocycles. The fourth-order valence-corrected chi connectivity index (χ4v) is 1.59. The van der Waals surface area contributed by atoms with Gasteiger partial charge in [-0.25, -0.2) is 4.98 Å². The molecule has 0 amide bonds. The number of halogens is 1. The zero-order chi connectivity index (χ0) is 12.3. The molecule has 17 heavy (non-hydrogen) atoms. The quantitative estimate of drug-likeness (QED) is 0.944. The van der Waals surface area contributed by atoms with Crippen molar-refractivity contribution in [2.24, 2.45) is 0 Å².